The van der Waals surface area contributed by atoms with Crippen LogP contribution in [-0.2, 0) is 17.6 Å². The monoisotopic (exact) mass is 531 g/mol. The van der Waals surface area contributed by atoms with Crippen LogP contribution >= 0.6 is 11.6 Å². The molecule has 38 heavy (non-hydrogen) atoms. The fraction of sp³-hybridized carbons (Fsp3) is 0.296. The minimum absolute atomic E-state index is 0.0202. The van der Waals surface area contributed by atoms with Gasteiger partial charge in [-0.2, -0.15) is 5.10 Å². The number of hydrogen-bond acceptors (Lipinski definition) is 6. The molecule has 2 aromatic carbocycles. The number of hydrogen-bond donors (Lipinski definition) is 2. The molecule has 2 aliphatic rings. The Hall–Kier alpha value is -4.18. The lowest BCUT2D eigenvalue weighted by atomic mass is 10.0. The molecule has 3 amide bonds. The molecule has 0 atom stereocenters. The van der Waals surface area contributed by atoms with Crippen molar-refractivity contribution in [3.63, 3.8) is 0 Å². The van der Waals surface area contributed by atoms with E-state index in [9.17, 15) is 9.59 Å². The minimum Gasteiger partial charge on any atom is -0.420 e. The zero-order chi connectivity index (χ0) is 26.1. The molecule has 194 valence electrons. The SMILES string of the molecule is O=C(Cc1nnc(-c2cc(Cl)cc(-c3cn[nH]c3)c2)o1)N1CCC(N2CCc3ccccc3NC2=O)CC1. The molecule has 0 unspecified atom stereocenters. The molecule has 10 nitrogen and oxygen atoms in total. The maximum atomic E-state index is 13.0. The van der Waals surface area contributed by atoms with Crippen molar-refractivity contribution in [2.45, 2.75) is 31.7 Å². The van der Waals surface area contributed by atoms with E-state index in [0.717, 1.165) is 41.6 Å². The van der Waals surface area contributed by atoms with Gasteiger partial charge in [0.05, 0.1) is 6.20 Å². The molecule has 2 aromatic heterocycles. The van der Waals surface area contributed by atoms with Crippen molar-refractivity contribution in [3.05, 3.63) is 71.3 Å². The summed E-state index contributed by atoms with van der Waals surface area (Å²) < 4.78 is 5.82. The van der Waals surface area contributed by atoms with E-state index in [4.69, 9.17) is 16.0 Å². The molecule has 0 spiro atoms. The van der Waals surface area contributed by atoms with Gasteiger partial charge in [-0.15, -0.1) is 10.2 Å². The number of carbonyl (C=O) groups excluding carboxylic acids is 2. The smallest absolute Gasteiger partial charge is 0.322 e. The Morgan fingerprint density at radius 2 is 1.87 bits per heavy atom. The van der Waals surface area contributed by atoms with Crippen molar-refractivity contribution in [1.29, 1.82) is 0 Å². The highest BCUT2D eigenvalue weighted by molar-refractivity contribution is 6.31. The summed E-state index contributed by atoms with van der Waals surface area (Å²) in [5, 5.41) is 18.5. The molecule has 6 rings (SSSR count). The van der Waals surface area contributed by atoms with Gasteiger partial charge in [-0.05, 0) is 54.7 Å². The highest BCUT2D eigenvalue weighted by Gasteiger charge is 2.31. The van der Waals surface area contributed by atoms with Crippen LogP contribution in [0.25, 0.3) is 22.6 Å². The van der Waals surface area contributed by atoms with Gasteiger partial charge < -0.3 is 19.5 Å². The first-order valence-electron chi connectivity index (χ1n) is 12.6. The van der Waals surface area contributed by atoms with E-state index in [1.165, 1.54) is 0 Å². The highest BCUT2D eigenvalue weighted by atomic mass is 35.5. The Bertz CT molecular complexity index is 1460. The quantitative estimate of drug-likeness (QED) is 0.394. The van der Waals surface area contributed by atoms with E-state index in [1.807, 2.05) is 41.3 Å². The molecular weight excluding hydrogens is 506 g/mol. The summed E-state index contributed by atoms with van der Waals surface area (Å²) >= 11 is 6.31. The number of carbonyl (C=O) groups is 2. The number of aromatic amines is 1. The second-order valence-corrected chi connectivity index (χ2v) is 9.97. The molecule has 4 heterocycles. The van der Waals surface area contributed by atoms with Gasteiger partial charge in [0.25, 0.3) is 0 Å². The Kier molecular flexibility index (Phi) is 6.55. The maximum Gasteiger partial charge on any atom is 0.322 e. The number of benzene rings is 2. The zero-order valence-corrected chi connectivity index (χ0v) is 21.3. The van der Waals surface area contributed by atoms with Gasteiger partial charge in [0, 0.05) is 53.7 Å². The minimum atomic E-state index is -0.0740. The van der Waals surface area contributed by atoms with E-state index in [-0.39, 0.29) is 30.3 Å². The van der Waals surface area contributed by atoms with E-state index in [2.05, 4.69) is 25.7 Å². The fourth-order valence-electron chi connectivity index (χ4n) is 5.14. The van der Waals surface area contributed by atoms with Crippen LogP contribution in [0.3, 0.4) is 0 Å². The first kappa shape index (κ1) is 24.2. The van der Waals surface area contributed by atoms with Crippen molar-refractivity contribution in [3.8, 4) is 22.6 Å². The van der Waals surface area contributed by atoms with Crippen LogP contribution in [0.5, 0.6) is 0 Å². The highest BCUT2D eigenvalue weighted by Crippen LogP contribution is 2.30. The summed E-state index contributed by atoms with van der Waals surface area (Å²) in [6.45, 7) is 1.81. The zero-order valence-electron chi connectivity index (χ0n) is 20.6. The molecule has 0 radical (unpaired) electrons. The summed E-state index contributed by atoms with van der Waals surface area (Å²) in [6.07, 6.45) is 5.76. The number of halogens is 1. The number of H-pyrrole nitrogens is 1. The number of nitrogens with one attached hydrogen (secondary N) is 2. The van der Waals surface area contributed by atoms with Gasteiger partial charge in [0.15, 0.2) is 0 Å². The lowest BCUT2D eigenvalue weighted by molar-refractivity contribution is -0.132. The summed E-state index contributed by atoms with van der Waals surface area (Å²) in [5.41, 5.74) is 4.43. The molecule has 0 bridgehead atoms. The molecule has 4 aromatic rings. The van der Waals surface area contributed by atoms with Crippen molar-refractivity contribution in [1.82, 2.24) is 30.2 Å². The molecule has 0 saturated carbocycles. The van der Waals surface area contributed by atoms with Crippen LogP contribution in [-0.4, -0.2) is 67.8 Å². The second-order valence-electron chi connectivity index (χ2n) is 9.54. The maximum absolute atomic E-state index is 13.0. The molecule has 2 aliphatic heterocycles. The van der Waals surface area contributed by atoms with Gasteiger partial charge in [-0.3, -0.25) is 9.89 Å². The fourth-order valence-corrected chi connectivity index (χ4v) is 5.37. The van der Waals surface area contributed by atoms with Crippen LogP contribution in [0.15, 0.2) is 59.3 Å². The van der Waals surface area contributed by atoms with E-state index >= 15 is 0 Å². The number of piperidine rings is 1. The van der Waals surface area contributed by atoms with Crippen LogP contribution in [0.1, 0.15) is 24.3 Å². The molecule has 2 N–H and O–H groups in total. The van der Waals surface area contributed by atoms with E-state index in [1.54, 1.807) is 23.4 Å². The standard InChI is InChI=1S/C27H26ClN7O3/c28-21-12-18(20-15-29-30-16-20)11-19(13-21)26-33-32-24(38-26)14-25(36)34-8-6-22(7-9-34)35-10-5-17-3-1-2-4-23(17)31-27(35)37/h1-4,11-13,15-16,22H,5-10,14H2,(H,29,30)(H,31,37). The van der Waals surface area contributed by atoms with Gasteiger partial charge in [0.2, 0.25) is 17.7 Å². The molecule has 1 fully saturated rings. The van der Waals surface area contributed by atoms with E-state index < -0.39 is 0 Å². The van der Waals surface area contributed by atoms with Crippen LogP contribution in [0.4, 0.5) is 10.5 Å². The molecule has 11 heteroatoms. The largest absolute Gasteiger partial charge is 0.420 e. The Balaban J connectivity index is 1.06. The third-order valence-electron chi connectivity index (χ3n) is 7.15. The normalized spacial score (nSPS) is 16.2. The van der Waals surface area contributed by atoms with Gasteiger partial charge >= 0.3 is 6.03 Å². The Morgan fingerprint density at radius 3 is 2.68 bits per heavy atom. The lowest BCUT2D eigenvalue weighted by Crippen LogP contribution is -2.50. The number of fused-ring (bicyclic) bond motifs is 1. The Morgan fingerprint density at radius 1 is 1.05 bits per heavy atom. The molecule has 0 aliphatic carbocycles. The number of aromatic nitrogens is 4. The van der Waals surface area contributed by atoms with Gasteiger partial charge in [-0.1, -0.05) is 29.8 Å². The third-order valence-corrected chi connectivity index (χ3v) is 7.36. The Labute approximate surface area is 224 Å². The van der Waals surface area contributed by atoms with Crippen LogP contribution < -0.4 is 5.32 Å². The van der Waals surface area contributed by atoms with Crippen molar-refractivity contribution in [2.75, 3.05) is 25.0 Å². The average molecular weight is 532 g/mol. The molecular formula is C27H26ClN7O3. The first-order valence-corrected chi connectivity index (χ1v) is 13.0. The van der Waals surface area contributed by atoms with Crippen molar-refractivity contribution >= 4 is 29.2 Å². The lowest BCUT2D eigenvalue weighted by Gasteiger charge is -2.37. The number of para-hydroxylation sites is 1. The predicted molar refractivity (Wildman–Crippen MR) is 142 cm³/mol. The second kappa shape index (κ2) is 10.3. The van der Waals surface area contributed by atoms with Gasteiger partial charge in [0.1, 0.15) is 6.42 Å². The summed E-state index contributed by atoms with van der Waals surface area (Å²) in [5.74, 6) is 0.477. The number of urea groups is 1. The predicted octanol–water partition coefficient (Wildman–Crippen LogP) is 4.40. The number of anilines is 1. The van der Waals surface area contributed by atoms with Crippen LogP contribution in [0.2, 0.25) is 5.02 Å². The van der Waals surface area contributed by atoms with Crippen molar-refractivity contribution in [2.24, 2.45) is 0 Å². The molecule has 1 saturated heterocycles. The summed E-state index contributed by atoms with van der Waals surface area (Å²) in [4.78, 5) is 29.6. The summed E-state index contributed by atoms with van der Waals surface area (Å²) in [6, 6.07) is 13.4. The number of likely N-dealkylation sites (tertiary alicyclic amines) is 1. The number of amides is 3. The van der Waals surface area contributed by atoms with Crippen LogP contribution in [0, 0.1) is 0 Å². The first-order chi connectivity index (χ1) is 18.5. The van der Waals surface area contributed by atoms with E-state index in [0.29, 0.717) is 36.1 Å². The summed E-state index contributed by atoms with van der Waals surface area (Å²) in [7, 11) is 0. The van der Waals surface area contributed by atoms with Crippen molar-refractivity contribution < 1.29 is 14.0 Å². The number of nitrogens with zero attached hydrogens (tertiary/aromatic N) is 5. The van der Waals surface area contributed by atoms with Gasteiger partial charge in [-0.25, -0.2) is 4.79 Å². The number of rotatable bonds is 5. The average Bonchev–Trinajstić information content (AvgIpc) is 3.60. The third kappa shape index (κ3) is 4.99. The topological polar surface area (TPSA) is 120 Å².